The Labute approximate surface area is 384 Å². The lowest BCUT2D eigenvalue weighted by atomic mass is 9.92. The zero-order chi connectivity index (χ0) is 47.9. The molecule has 1 aliphatic heterocycles. The Balaban J connectivity index is 1.92. The summed E-state index contributed by atoms with van der Waals surface area (Å²) >= 11 is 0. The van der Waals surface area contributed by atoms with E-state index in [2.05, 4.69) is 16.9 Å². The van der Waals surface area contributed by atoms with Crippen LogP contribution >= 0.6 is 0 Å². The van der Waals surface area contributed by atoms with Crippen LogP contribution in [-0.4, -0.2) is 96.1 Å². The average molecular weight is 910 g/mol. The zero-order valence-electron chi connectivity index (χ0n) is 39.5. The van der Waals surface area contributed by atoms with Gasteiger partial charge in [0.1, 0.15) is 42.2 Å². The normalized spacial score (nSPS) is 20.8. The van der Waals surface area contributed by atoms with Gasteiger partial charge in [0.2, 0.25) is 5.79 Å². The number of allylic oxidation sites excluding steroid dienone is 1. The van der Waals surface area contributed by atoms with Crippen LogP contribution in [0.25, 0.3) is 10.4 Å². The standard InChI is InChI=1S/C49H71N3O13/c1-9-10-11-12-13-14-15-16-17-18-19-20-27-32-38(60-43(54)35-28-23-21-24-29-35)37(51-52-50)33-59-49(8)42(62-44(55)36-30-25-22-26-31-36)40(53)41(61-46(57)65-48(5,6)7)39(63-49)34-58-45(56)64-47(2,3)4/h21-32,37-42,53H,9-20,33-34H2,1-8H3/t37-,38+,39+,40-,41-,42+,49-/m0/s1. The molecule has 1 heterocycles. The monoisotopic (exact) mass is 909 g/mol. The van der Waals surface area contributed by atoms with Gasteiger partial charge in [-0.2, -0.15) is 0 Å². The molecule has 0 unspecified atom stereocenters. The molecule has 0 amide bonds. The number of esters is 2. The summed E-state index contributed by atoms with van der Waals surface area (Å²) in [5.41, 5.74) is 8.23. The summed E-state index contributed by atoms with van der Waals surface area (Å²) in [6.45, 7) is 12.2. The lowest BCUT2D eigenvalue weighted by molar-refractivity contribution is -0.356. The Morgan fingerprint density at radius 1 is 0.785 bits per heavy atom. The number of azide groups is 1. The summed E-state index contributed by atoms with van der Waals surface area (Å²) in [7, 11) is 0. The highest BCUT2D eigenvalue weighted by Crippen LogP contribution is 2.36. The first-order valence-electron chi connectivity index (χ1n) is 22.8. The Bertz CT molecular complexity index is 1830. The van der Waals surface area contributed by atoms with Gasteiger partial charge in [0.15, 0.2) is 12.2 Å². The Hall–Kier alpha value is -5.15. The highest BCUT2D eigenvalue weighted by Gasteiger charge is 2.57. The second-order valence-electron chi connectivity index (χ2n) is 18.2. The highest BCUT2D eigenvalue weighted by atomic mass is 16.8. The summed E-state index contributed by atoms with van der Waals surface area (Å²) in [5.74, 6) is -3.70. The fraction of sp³-hybridized carbons (Fsp3) is 0.633. The van der Waals surface area contributed by atoms with Gasteiger partial charge in [-0.3, -0.25) is 0 Å². The van der Waals surface area contributed by atoms with Gasteiger partial charge in [-0.25, -0.2) is 19.2 Å². The maximum absolute atomic E-state index is 13.6. The molecule has 0 aliphatic carbocycles. The van der Waals surface area contributed by atoms with Crippen LogP contribution in [0.4, 0.5) is 9.59 Å². The molecule has 3 rings (SSSR count). The van der Waals surface area contributed by atoms with Crippen molar-refractivity contribution in [2.24, 2.45) is 5.11 Å². The third-order valence-corrected chi connectivity index (χ3v) is 10.2. The fourth-order valence-corrected chi connectivity index (χ4v) is 6.96. The Morgan fingerprint density at radius 2 is 1.31 bits per heavy atom. The van der Waals surface area contributed by atoms with E-state index in [0.29, 0.717) is 6.42 Å². The smallest absolute Gasteiger partial charge is 0.454 e. The van der Waals surface area contributed by atoms with Crippen molar-refractivity contribution in [3.05, 3.63) is 94.4 Å². The van der Waals surface area contributed by atoms with Crippen molar-refractivity contribution in [2.75, 3.05) is 13.2 Å². The molecule has 1 saturated heterocycles. The van der Waals surface area contributed by atoms with Gasteiger partial charge in [-0.15, -0.1) is 0 Å². The van der Waals surface area contributed by atoms with Gasteiger partial charge in [0.25, 0.3) is 0 Å². The summed E-state index contributed by atoms with van der Waals surface area (Å²) < 4.78 is 46.1. The van der Waals surface area contributed by atoms with E-state index >= 15 is 0 Å². The topological polar surface area (TPSA) is 211 Å². The lowest BCUT2D eigenvalue weighted by Gasteiger charge is -2.48. The molecule has 65 heavy (non-hydrogen) atoms. The molecule has 0 bridgehead atoms. The molecule has 1 N–H and O–H groups in total. The predicted octanol–water partition coefficient (Wildman–Crippen LogP) is 11.1. The van der Waals surface area contributed by atoms with E-state index in [0.717, 1.165) is 19.3 Å². The summed E-state index contributed by atoms with van der Waals surface area (Å²) in [4.78, 5) is 55.9. The molecule has 360 valence electrons. The van der Waals surface area contributed by atoms with Crippen molar-refractivity contribution in [2.45, 2.75) is 186 Å². The molecule has 1 fully saturated rings. The van der Waals surface area contributed by atoms with Gasteiger partial charge in [-0.1, -0.05) is 119 Å². The number of nitrogens with zero attached hydrogens (tertiary/aromatic N) is 3. The van der Waals surface area contributed by atoms with E-state index in [1.54, 1.807) is 96.1 Å². The number of ether oxygens (including phenoxy) is 8. The maximum Gasteiger partial charge on any atom is 0.509 e. The van der Waals surface area contributed by atoms with Crippen molar-refractivity contribution in [1.82, 2.24) is 0 Å². The number of hydrogen-bond donors (Lipinski definition) is 1. The number of benzene rings is 2. The Morgan fingerprint density at radius 3 is 1.85 bits per heavy atom. The molecule has 2 aromatic rings. The van der Waals surface area contributed by atoms with Gasteiger partial charge < -0.3 is 43.0 Å². The first kappa shape index (κ1) is 54.2. The number of aliphatic hydroxyl groups excluding tert-OH is 1. The third kappa shape index (κ3) is 20.3. The quantitative estimate of drug-likeness (QED) is 0.0187. The number of carbonyl (C=O) groups is 4. The van der Waals surface area contributed by atoms with E-state index in [1.807, 2.05) is 6.08 Å². The molecule has 0 radical (unpaired) electrons. The van der Waals surface area contributed by atoms with Crippen LogP contribution in [0.1, 0.15) is 153 Å². The third-order valence-electron chi connectivity index (χ3n) is 10.2. The molecular weight excluding hydrogens is 839 g/mol. The summed E-state index contributed by atoms with van der Waals surface area (Å²) in [5, 5.41) is 16.0. The van der Waals surface area contributed by atoms with Gasteiger partial charge >= 0.3 is 24.2 Å². The van der Waals surface area contributed by atoms with Crippen LogP contribution in [0.15, 0.2) is 77.9 Å². The largest absolute Gasteiger partial charge is 0.509 e. The van der Waals surface area contributed by atoms with E-state index in [4.69, 9.17) is 37.9 Å². The van der Waals surface area contributed by atoms with Crippen LogP contribution < -0.4 is 0 Å². The van der Waals surface area contributed by atoms with Crippen LogP contribution in [0.3, 0.4) is 0 Å². The highest BCUT2D eigenvalue weighted by molar-refractivity contribution is 5.90. The summed E-state index contributed by atoms with van der Waals surface area (Å²) in [6.07, 6.45) is 7.06. The van der Waals surface area contributed by atoms with E-state index in [1.165, 1.54) is 70.4 Å². The molecular formula is C49H71N3O13. The number of carbonyl (C=O) groups excluding carboxylic acids is 4. The van der Waals surface area contributed by atoms with Crippen molar-refractivity contribution in [3.63, 3.8) is 0 Å². The minimum atomic E-state index is -2.13. The first-order valence-corrected chi connectivity index (χ1v) is 22.8. The molecule has 16 nitrogen and oxygen atoms in total. The number of aliphatic hydroxyl groups is 1. The molecule has 7 atom stereocenters. The maximum atomic E-state index is 13.6. The average Bonchev–Trinajstić information content (AvgIpc) is 3.24. The van der Waals surface area contributed by atoms with Crippen molar-refractivity contribution in [3.8, 4) is 0 Å². The fourth-order valence-electron chi connectivity index (χ4n) is 6.96. The molecule has 1 aliphatic rings. The minimum absolute atomic E-state index is 0.116. The second-order valence-corrected chi connectivity index (χ2v) is 18.2. The molecule has 0 spiro atoms. The molecule has 0 aromatic heterocycles. The van der Waals surface area contributed by atoms with Crippen molar-refractivity contribution >= 4 is 24.2 Å². The van der Waals surface area contributed by atoms with E-state index < -0.39 is 91.0 Å². The van der Waals surface area contributed by atoms with Gasteiger partial charge in [-0.05, 0) is 97.2 Å². The number of unbranched alkanes of at least 4 members (excludes halogenated alkanes) is 11. The number of hydrogen-bond acceptors (Lipinski definition) is 14. The second kappa shape index (κ2) is 27.4. The van der Waals surface area contributed by atoms with Crippen LogP contribution in [0, 0.1) is 0 Å². The Kier molecular flexibility index (Phi) is 22.8. The SMILES string of the molecule is CCCCCCCCCCCCCC=C[C@@H](OC(=O)c1ccccc1)[C@H](CO[C@@]1(C)O[C@H](COC(=O)OC(C)(C)C)[C@H](OC(=O)OC(C)(C)C)[C@H](O)[C@H]1OC(=O)c1ccccc1)N=[N+]=[N-]. The zero-order valence-corrected chi connectivity index (χ0v) is 39.5. The summed E-state index contributed by atoms with van der Waals surface area (Å²) in [6, 6.07) is 15.0. The molecule has 0 saturated carbocycles. The first-order chi connectivity index (χ1) is 30.9. The van der Waals surface area contributed by atoms with Crippen molar-refractivity contribution < 1.29 is 62.2 Å². The predicted molar refractivity (Wildman–Crippen MR) is 243 cm³/mol. The van der Waals surface area contributed by atoms with Crippen LogP contribution in [-0.2, 0) is 37.9 Å². The minimum Gasteiger partial charge on any atom is -0.454 e. The van der Waals surface area contributed by atoms with Crippen LogP contribution in [0.2, 0.25) is 0 Å². The van der Waals surface area contributed by atoms with E-state index in [9.17, 15) is 29.8 Å². The molecule has 2 aromatic carbocycles. The lowest BCUT2D eigenvalue weighted by Crippen LogP contribution is -2.67. The van der Waals surface area contributed by atoms with Crippen molar-refractivity contribution in [1.29, 1.82) is 0 Å². The van der Waals surface area contributed by atoms with Gasteiger partial charge in [0.05, 0.1) is 17.7 Å². The van der Waals surface area contributed by atoms with Crippen LogP contribution in [0.5, 0.6) is 0 Å². The molecule has 16 heteroatoms. The van der Waals surface area contributed by atoms with E-state index in [-0.39, 0.29) is 11.1 Å². The van der Waals surface area contributed by atoms with Gasteiger partial charge in [0, 0.05) is 4.91 Å². The number of rotatable bonds is 25.